The average molecular weight is 318 g/mol. The molecule has 0 bridgehead atoms. The number of ether oxygens (including phenoxy) is 1. The van der Waals surface area contributed by atoms with Crippen molar-refractivity contribution >= 4 is 22.6 Å². The van der Waals surface area contributed by atoms with Gasteiger partial charge in [0.25, 0.3) is 0 Å². The highest BCUT2D eigenvalue weighted by Crippen LogP contribution is 2.22. The molecular formula is C12H17INO-. The Morgan fingerprint density at radius 3 is 3.20 bits per heavy atom. The second-order valence-corrected chi connectivity index (χ2v) is 5.28. The molecule has 0 unspecified atom stereocenters. The molecule has 0 N–H and O–H groups in total. The van der Waals surface area contributed by atoms with Gasteiger partial charge >= 0.3 is 0 Å². The van der Waals surface area contributed by atoms with Crippen molar-refractivity contribution in [2.45, 2.75) is 25.4 Å². The molecule has 1 fully saturated rings. The summed E-state index contributed by atoms with van der Waals surface area (Å²) >= 11 is 2.41. The van der Waals surface area contributed by atoms with E-state index in [1.54, 1.807) is 7.11 Å². The van der Waals surface area contributed by atoms with Gasteiger partial charge in [0.15, 0.2) is 0 Å². The number of nitrogens with zero attached hydrogens (tertiary/aromatic N) is 1. The highest BCUT2D eigenvalue weighted by atomic mass is 127. The second-order valence-electron chi connectivity index (χ2n) is 4.12. The van der Waals surface area contributed by atoms with E-state index in [-0.39, 0.29) is 0 Å². The van der Waals surface area contributed by atoms with E-state index in [1.807, 2.05) is 0 Å². The van der Waals surface area contributed by atoms with Crippen molar-refractivity contribution in [1.82, 2.24) is 4.90 Å². The van der Waals surface area contributed by atoms with Crippen LogP contribution in [0, 0.1) is 3.57 Å². The predicted octanol–water partition coefficient (Wildman–Crippen LogP) is 2.62. The maximum atomic E-state index is 5.26. The zero-order chi connectivity index (χ0) is 10.7. The molecular weight excluding hydrogens is 301 g/mol. The average Bonchev–Trinajstić information content (AvgIpc) is 2.80. The van der Waals surface area contributed by atoms with Crippen molar-refractivity contribution < 1.29 is 4.74 Å². The molecule has 0 radical (unpaired) electrons. The topological polar surface area (TPSA) is 12.5 Å². The highest BCUT2D eigenvalue weighted by Gasteiger charge is 2.23. The van der Waals surface area contributed by atoms with E-state index in [0.717, 1.165) is 13.2 Å². The Kier molecular flexibility index (Phi) is 4.11. The lowest BCUT2D eigenvalue weighted by Gasteiger charge is -2.25. The van der Waals surface area contributed by atoms with E-state index in [0.29, 0.717) is 6.04 Å². The Morgan fingerprint density at radius 1 is 1.67 bits per heavy atom. The first kappa shape index (κ1) is 11.5. The van der Waals surface area contributed by atoms with E-state index >= 15 is 0 Å². The summed E-state index contributed by atoms with van der Waals surface area (Å²) in [5.74, 6) is 0. The van der Waals surface area contributed by atoms with Gasteiger partial charge in [-0.25, -0.2) is 12.1 Å². The lowest BCUT2D eigenvalue weighted by Crippen LogP contribution is -2.32. The second kappa shape index (κ2) is 5.37. The zero-order valence-electron chi connectivity index (χ0n) is 9.08. The summed E-state index contributed by atoms with van der Waals surface area (Å²) in [6.07, 6.45) is 2.59. The van der Waals surface area contributed by atoms with Crippen LogP contribution in [0.25, 0.3) is 0 Å². The maximum absolute atomic E-state index is 5.26. The molecule has 1 aliphatic rings. The Hall–Kier alpha value is -0.000000000000000111. The van der Waals surface area contributed by atoms with E-state index in [4.69, 9.17) is 4.74 Å². The van der Waals surface area contributed by atoms with Gasteiger partial charge in [-0.2, -0.15) is 6.07 Å². The molecule has 1 heterocycles. The van der Waals surface area contributed by atoms with E-state index in [1.165, 1.54) is 28.5 Å². The Balaban J connectivity index is 1.96. The molecule has 1 aromatic carbocycles. The fraction of sp³-hybridized carbons (Fsp3) is 0.583. The fourth-order valence-electron chi connectivity index (χ4n) is 2.27. The smallest absolute Gasteiger partial charge is 0.0617 e. The number of methoxy groups -OCH3 is 1. The van der Waals surface area contributed by atoms with Crippen molar-refractivity contribution in [2.75, 3.05) is 20.3 Å². The molecule has 1 saturated heterocycles. The number of rotatable bonds is 4. The standard InChI is InChI=1S/C12H17INO/c1-15-9-11-5-3-7-14(11)8-10-4-2-6-12(10)13/h2,4,6,11H,3,5,7-9H2,1H3/q-1/t11-/m0/s1. The minimum atomic E-state index is 0.626. The summed E-state index contributed by atoms with van der Waals surface area (Å²) in [5, 5.41) is 0. The molecule has 3 heteroatoms. The SMILES string of the molecule is COC[C@@H]1CCCN1C[c-]1cccc1I. The summed E-state index contributed by atoms with van der Waals surface area (Å²) in [5.41, 5.74) is 1.46. The van der Waals surface area contributed by atoms with Crippen molar-refractivity contribution in [3.8, 4) is 0 Å². The summed E-state index contributed by atoms with van der Waals surface area (Å²) in [4.78, 5) is 2.54. The number of likely N-dealkylation sites (tertiary alicyclic amines) is 1. The molecule has 1 atom stereocenters. The lowest BCUT2D eigenvalue weighted by atomic mass is 10.2. The minimum Gasteiger partial charge on any atom is -0.383 e. The van der Waals surface area contributed by atoms with Crippen LogP contribution in [0.2, 0.25) is 0 Å². The molecule has 1 aliphatic heterocycles. The molecule has 84 valence electrons. The van der Waals surface area contributed by atoms with E-state index in [2.05, 4.69) is 45.7 Å². The third kappa shape index (κ3) is 2.77. The quantitative estimate of drug-likeness (QED) is 0.625. The molecule has 0 amide bonds. The lowest BCUT2D eigenvalue weighted by molar-refractivity contribution is 0.112. The Morgan fingerprint density at radius 2 is 2.53 bits per heavy atom. The van der Waals surface area contributed by atoms with Crippen LogP contribution < -0.4 is 0 Å². The molecule has 15 heavy (non-hydrogen) atoms. The van der Waals surface area contributed by atoms with Crippen LogP contribution in [0.15, 0.2) is 18.2 Å². The molecule has 2 nitrogen and oxygen atoms in total. The van der Waals surface area contributed by atoms with Gasteiger partial charge in [-0.15, -0.1) is 9.13 Å². The van der Waals surface area contributed by atoms with Gasteiger partial charge in [-0.3, -0.25) is 0 Å². The maximum Gasteiger partial charge on any atom is 0.0617 e. The number of halogens is 1. The summed E-state index contributed by atoms with van der Waals surface area (Å²) in [6, 6.07) is 7.17. The van der Waals surface area contributed by atoms with Crippen molar-refractivity contribution in [1.29, 1.82) is 0 Å². The van der Waals surface area contributed by atoms with Crippen LogP contribution in [0.3, 0.4) is 0 Å². The summed E-state index contributed by atoms with van der Waals surface area (Å²) < 4.78 is 6.65. The van der Waals surface area contributed by atoms with Crippen LogP contribution in [0.5, 0.6) is 0 Å². The van der Waals surface area contributed by atoms with Crippen molar-refractivity contribution in [3.63, 3.8) is 0 Å². The van der Waals surface area contributed by atoms with Crippen LogP contribution in [0.1, 0.15) is 18.4 Å². The third-order valence-electron chi connectivity index (χ3n) is 3.08. The first-order chi connectivity index (χ1) is 7.31. The first-order valence-corrected chi connectivity index (χ1v) is 6.52. The molecule has 0 spiro atoms. The van der Waals surface area contributed by atoms with Crippen molar-refractivity contribution in [3.05, 3.63) is 27.3 Å². The largest absolute Gasteiger partial charge is 0.383 e. The predicted molar refractivity (Wildman–Crippen MR) is 70.1 cm³/mol. The van der Waals surface area contributed by atoms with Gasteiger partial charge in [0, 0.05) is 13.2 Å². The minimum absolute atomic E-state index is 0.626. The van der Waals surface area contributed by atoms with Gasteiger partial charge in [0.1, 0.15) is 0 Å². The number of hydrogen-bond acceptors (Lipinski definition) is 2. The van der Waals surface area contributed by atoms with Gasteiger partial charge in [0.2, 0.25) is 0 Å². The Labute approximate surface area is 105 Å². The van der Waals surface area contributed by atoms with E-state index in [9.17, 15) is 0 Å². The monoisotopic (exact) mass is 318 g/mol. The molecule has 0 aliphatic carbocycles. The highest BCUT2D eigenvalue weighted by molar-refractivity contribution is 14.1. The summed E-state index contributed by atoms with van der Waals surface area (Å²) in [6.45, 7) is 3.17. The summed E-state index contributed by atoms with van der Waals surface area (Å²) in [7, 11) is 1.79. The van der Waals surface area contributed by atoms with Gasteiger partial charge in [0.05, 0.1) is 6.61 Å². The van der Waals surface area contributed by atoms with Crippen molar-refractivity contribution in [2.24, 2.45) is 0 Å². The Bertz CT molecular complexity index is 310. The molecule has 0 saturated carbocycles. The van der Waals surface area contributed by atoms with Crippen LogP contribution in [-0.2, 0) is 11.3 Å². The van der Waals surface area contributed by atoms with Gasteiger partial charge < -0.3 is 9.64 Å². The van der Waals surface area contributed by atoms with Crippen LogP contribution in [-0.4, -0.2) is 31.2 Å². The normalized spacial score (nSPS) is 22.4. The van der Waals surface area contributed by atoms with Crippen LogP contribution in [0.4, 0.5) is 0 Å². The van der Waals surface area contributed by atoms with E-state index < -0.39 is 0 Å². The molecule has 0 aromatic heterocycles. The fourth-order valence-corrected chi connectivity index (χ4v) is 2.82. The zero-order valence-corrected chi connectivity index (χ0v) is 11.2. The third-order valence-corrected chi connectivity index (χ3v) is 4.13. The van der Waals surface area contributed by atoms with Gasteiger partial charge in [-0.1, -0.05) is 22.6 Å². The molecule has 1 aromatic rings. The first-order valence-electron chi connectivity index (χ1n) is 5.44. The number of hydrogen-bond donors (Lipinski definition) is 0. The van der Waals surface area contributed by atoms with Crippen LogP contribution >= 0.6 is 22.6 Å². The molecule has 2 rings (SSSR count). The van der Waals surface area contributed by atoms with Gasteiger partial charge in [-0.05, 0) is 25.9 Å².